The normalized spacial score (nSPS) is 18.3. The van der Waals surface area contributed by atoms with Crippen molar-refractivity contribution in [1.29, 1.82) is 0 Å². The van der Waals surface area contributed by atoms with Crippen molar-refractivity contribution >= 4 is 17.7 Å². The molecule has 3 amide bonds. The summed E-state index contributed by atoms with van der Waals surface area (Å²) < 4.78 is 75.5. The highest BCUT2D eigenvalue weighted by Gasteiger charge is 2.45. The smallest absolute Gasteiger partial charge is 0.369 e. The van der Waals surface area contributed by atoms with E-state index in [1.54, 1.807) is 0 Å². The molecule has 144 valence electrons. The topological polar surface area (TPSA) is 87.0 Å². The first-order valence-electron chi connectivity index (χ1n) is 7.05. The summed E-state index contributed by atoms with van der Waals surface area (Å²) in [6.45, 7) is -3.23. The fraction of sp³-hybridized carbons (Fsp3) is 0.750. The van der Waals surface area contributed by atoms with E-state index < -0.39 is 62.8 Å². The zero-order chi connectivity index (χ0) is 19.4. The van der Waals surface area contributed by atoms with Gasteiger partial charge in [-0.3, -0.25) is 19.3 Å². The van der Waals surface area contributed by atoms with Crippen molar-refractivity contribution in [1.82, 2.24) is 14.7 Å². The van der Waals surface area contributed by atoms with E-state index in [1.807, 2.05) is 0 Å². The van der Waals surface area contributed by atoms with Crippen LogP contribution in [-0.2, 0) is 14.4 Å². The Kier molecular flexibility index (Phi) is 6.62. The summed E-state index contributed by atoms with van der Waals surface area (Å²) in [5.74, 6) is -5.30. The van der Waals surface area contributed by atoms with Crippen LogP contribution < -0.4 is 5.73 Å². The fourth-order valence-electron chi connectivity index (χ4n) is 2.24. The minimum atomic E-state index is -5.21. The van der Waals surface area contributed by atoms with E-state index in [1.165, 1.54) is 4.90 Å². The van der Waals surface area contributed by atoms with Gasteiger partial charge in [-0.15, -0.1) is 0 Å². The lowest BCUT2D eigenvalue weighted by atomic mass is 10.3. The van der Waals surface area contributed by atoms with Crippen LogP contribution in [-0.4, -0.2) is 90.6 Å². The van der Waals surface area contributed by atoms with Gasteiger partial charge in [-0.1, -0.05) is 0 Å². The number of nitrogens with zero attached hydrogens (tertiary/aromatic N) is 3. The van der Waals surface area contributed by atoms with E-state index in [-0.39, 0.29) is 13.1 Å². The van der Waals surface area contributed by atoms with Crippen molar-refractivity contribution < 1.29 is 40.7 Å². The fourth-order valence-corrected chi connectivity index (χ4v) is 2.24. The van der Waals surface area contributed by atoms with Crippen LogP contribution in [0.2, 0.25) is 0 Å². The van der Waals surface area contributed by atoms with Crippen molar-refractivity contribution in [2.45, 2.75) is 12.4 Å². The molecule has 7 nitrogen and oxygen atoms in total. The second-order valence-corrected chi connectivity index (χ2v) is 5.32. The third-order valence-electron chi connectivity index (χ3n) is 3.45. The van der Waals surface area contributed by atoms with E-state index in [2.05, 4.69) is 0 Å². The van der Waals surface area contributed by atoms with Crippen LogP contribution in [0.25, 0.3) is 0 Å². The first kappa shape index (κ1) is 21.0. The van der Waals surface area contributed by atoms with Crippen molar-refractivity contribution in [2.75, 3.05) is 45.8 Å². The molecule has 1 fully saturated rings. The number of carbonyl (C=O) groups excluding carboxylic acids is 3. The third kappa shape index (κ3) is 6.40. The highest BCUT2D eigenvalue weighted by Crippen LogP contribution is 2.21. The Balaban J connectivity index is 2.99. The molecule has 1 saturated heterocycles. The maximum atomic E-state index is 12.6. The Morgan fingerprint density at radius 3 is 1.32 bits per heavy atom. The van der Waals surface area contributed by atoms with Gasteiger partial charge in [0.2, 0.25) is 5.91 Å². The minimum absolute atomic E-state index is 0.210. The van der Waals surface area contributed by atoms with Crippen molar-refractivity contribution in [3.8, 4) is 0 Å². The molecule has 1 rings (SSSR count). The average molecular weight is 378 g/mol. The Morgan fingerprint density at radius 2 is 1.04 bits per heavy atom. The third-order valence-corrected chi connectivity index (χ3v) is 3.45. The Labute approximate surface area is 138 Å². The van der Waals surface area contributed by atoms with Gasteiger partial charge in [0, 0.05) is 39.3 Å². The molecule has 13 heteroatoms. The summed E-state index contributed by atoms with van der Waals surface area (Å²) in [6, 6.07) is 0. The van der Waals surface area contributed by atoms with Crippen LogP contribution >= 0.6 is 0 Å². The van der Waals surface area contributed by atoms with E-state index in [0.717, 1.165) is 0 Å². The number of halogens is 6. The molecule has 1 heterocycles. The largest absolute Gasteiger partial charge is 0.471 e. The van der Waals surface area contributed by atoms with Crippen LogP contribution in [0.4, 0.5) is 26.3 Å². The number of amides is 3. The molecular weight excluding hydrogens is 362 g/mol. The van der Waals surface area contributed by atoms with Crippen molar-refractivity contribution in [2.24, 2.45) is 5.73 Å². The number of alkyl halides is 6. The number of primary amides is 1. The second kappa shape index (κ2) is 7.89. The number of hydrogen-bond donors (Lipinski definition) is 1. The molecule has 0 aliphatic carbocycles. The summed E-state index contributed by atoms with van der Waals surface area (Å²) in [5.41, 5.74) is 4.98. The summed E-state index contributed by atoms with van der Waals surface area (Å²) in [5, 5.41) is 0. The maximum absolute atomic E-state index is 12.6. The molecule has 0 spiro atoms. The van der Waals surface area contributed by atoms with E-state index in [9.17, 15) is 40.7 Å². The Bertz CT molecular complexity index is 484. The summed E-state index contributed by atoms with van der Waals surface area (Å²) >= 11 is 0. The van der Waals surface area contributed by atoms with Gasteiger partial charge in [0.1, 0.15) is 0 Å². The van der Waals surface area contributed by atoms with Crippen LogP contribution in [0.15, 0.2) is 0 Å². The highest BCUT2D eigenvalue weighted by atomic mass is 19.4. The van der Waals surface area contributed by atoms with Crippen molar-refractivity contribution in [3.05, 3.63) is 0 Å². The lowest BCUT2D eigenvalue weighted by Gasteiger charge is -2.27. The zero-order valence-corrected chi connectivity index (χ0v) is 12.9. The molecule has 0 aromatic carbocycles. The van der Waals surface area contributed by atoms with Gasteiger partial charge in [-0.2, -0.15) is 26.3 Å². The van der Waals surface area contributed by atoms with Crippen LogP contribution in [0.5, 0.6) is 0 Å². The first-order valence-corrected chi connectivity index (χ1v) is 7.05. The summed E-state index contributed by atoms with van der Waals surface area (Å²) in [7, 11) is 0. The van der Waals surface area contributed by atoms with Gasteiger partial charge < -0.3 is 15.5 Å². The highest BCUT2D eigenvalue weighted by molar-refractivity contribution is 5.83. The maximum Gasteiger partial charge on any atom is 0.471 e. The van der Waals surface area contributed by atoms with E-state index in [0.29, 0.717) is 9.80 Å². The monoisotopic (exact) mass is 378 g/mol. The average Bonchev–Trinajstić information content (AvgIpc) is 2.54. The Morgan fingerprint density at radius 1 is 0.720 bits per heavy atom. The number of nitrogens with two attached hydrogens (primary N) is 1. The van der Waals surface area contributed by atoms with Gasteiger partial charge >= 0.3 is 24.2 Å². The van der Waals surface area contributed by atoms with Crippen LogP contribution in [0, 0.1) is 0 Å². The number of rotatable bonds is 2. The van der Waals surface area contributed by atoms with E-state index in [4.69, 9.17) is 5.73 Å². The SMILES string of the molecule is NC(=O)CN1CCN(C(=O)C(F)(F)F)CCN(C(=O)C(F)(F)F)CC1. The molecule has 0 unspecified atom stereocenters. The number of hydrogen-bond acceptors (Lipinski definition) is 4. The lowest BCUT2D eigenvalue weighted by molar-refractivity contribution is -0.188. The molecule has 1 aliphatic heterocycles. The standard InChI is InChI=1S/C12H16F6N4O3/c13-11(14,15)9(24)21-3-1-20(7-8(19)23)2-4-22(6-5-21)10(25)12(16,17)18/h1-7H2,(H2,19,23). The molecule has 0 atom stereocenters. The molecule has 0 saturated carbocycles. The number of carbonyl (C=O) groups is 3. The molecular formula is C12H16F6N4O3. The van der Waals surface area contributed by atoms with Gasteiger partial charge in [-0.25, -0.2) is 0 Å². The second-order valence-electron chi connectivity index (χ2n) is 5.32. The predicted octanol–water partition coefficient (Wildman–Crippen LogP) is -0.431. The first-order chi connectivity index (χ1) is 11.3. The van der Waals surface area contributed by atoms with E-state index >= 15 is 0 Å². The Hall–Kier alpha value is -2.05. The molecule has 0 aromatic rings. The van der Waals surface area contributed by atoms with Crippen LogP contribution in [0.3, 0.4) is 0 Å². The van der Waals surface area contributed by atoms with Gasteiger partial charge in [0.05, 0.1) is 6.54 Å². The molecule has 1 aliphatic rings. The predicted molar refractivity (Wildman–Crippen MR) is 70.9 cm³/mol. The molecule has 0 bridgehead atoms. The summed E-state index contributed by atoms with van der Waals surface area (Å²) in [6.07, 6.45) is -10.4. The minimum Gasteiger partial charge on any atom is -0.369 e. The van der Waals surface area contributed by atoms with Gasteiger partial charge in [0.25, 0.3) is 0 Å². The van der Waals surface area contributed by atoms with Crippen LogP contribution in [0.1, 0.15) is 0 Å². The van der Waals surface area contributed by atoms with Crippen molar-refractivity contribution in [3.63, 3.8) is 0 Å². The zero-order valence-electron chi connectivity index (χ0n) is 12.9. The van der Waals surface area contributed by atoms with Gasteiger partial charge in [0.15, 0.2) is 0 Å². The quantitative estimate of drug-likeness (QED) is 0.661. The lowest BCUT2D eigenvalue weighted by Crippen LogP contribution is -2.48. The summed E-state index contributed by atoms with van der Waals surface area (Å²) in [4.78, 5) is 35.5. The molecule has 2 N–H and O–H groups in total. The molecule has 0 aromatic heterocycles. The molecule has 0 radical (unpaired) electrons. The molecule has 25 heavy (non-hydrogen) atoms. The van der Waals surface area contributed by atoms with Gasteiger partial charge in [-0.05, 0) is 0 Å².